The average Bonchev–Trinajstić information content (AvgIpc) is 2.81. The van der Waals surface area contributed by atoms with E-state index in [1.165, 1.54) is 17.8 Å². The van der Waals surface area contributed by atoms with Gasteiger partial charge >= 0.3 is 0 Å². The van der Waals surface area contributed by atoms with Crippen molar-refractivity contribution in [2.24, 2.45) is 0 Å². The van der Waals surface area contributed by atoms with E-state index in [2.05, 4.69) is 27.5 Å². The molecular weight excluding hydrogens is 425 g/mol. The van der Waals surface area contributed by atoms with Crippen LogP contribution >= 0.6 is 11.8 Å². The maximum absolute atomic E-state index is 13.9. The molecule has 5 nitrogen and oxygen atoms in total. The highest BCUT2D eigenvalue weighted by atomic mass is 32.2. The van der Waals surface area contributed by atoms with Gasteiger partial charge in [0.05, 0.1) is 5.25 Å². The summed E-state index contributed by atoms with van der Waals surface area (Å²) in [5.74, 6) is 5.53. The predicted molar refractivity (Wildman–Crippen MR) is 124 cm³/mol. The van der Waals surface area contributed by atoms with Crippen LogP contribution in [0.1, 0.15) is 16.8 Å². The maximum Gasteiger partial charge on any atom is 0.247 e. The minimum Gasteiger partial charge on any atom is -0.343 e. The number of amides is 2. The minimum atomic E-state index is -0.660. The van der Waals surface area contributed by atoms with Crippen LogP contribution in [0.25, 0.3) is 0 Å². The second-order valence-corrected chi connectivity index (χ2v) is 8.45. The van der Waals surface area contributed by atoms with Gasteiger partial charge in [-0.25, -0.2) is 9.37 Å². The molecule has 4 rings (SSSR count). The number of halogens is 1. The lowest BCUT2D eigenvalue weighted by molar-refractivity contribution is -0.126. The van der Waals surface area contributed by atoms with Crippen molar-refractivity contribution in [3.8, 4) is 11.8 Å². The van der Waals surface area contributed by atoms with Gasteiger partial charge in [0, 0.05) is 23.2 Å². The Hall–Kier alpha value is -3.63. The molecular formula is C25H20FN3O2S. The number of anilines is 1. The summed E-state index contributed by atoms with van der Waals surface area (Å²) >= 11 is 1.36. The van der Waals surface area contributed by atoms with Gasteiger partial charge in [0.25, 0.3) is 0 Å². The molecule has 160 valence electrons. The fourth-order valence-electron chi connectivity index (χ4n) is 3.23. The summed E-state index contributed by atoms with van der Waals surface area (Å²) in [6.07, 6.45) is 1.96. The molecule has 7 heteroatoms. The van der Waals surface area contributed by atoms with Gasteiger partial charge in [-0.2, -0.15) is 0 Å². The van der Waals surface area contributed by atoms with Crippen molar-refractivity contribution in [1.82, 2.24) is 10.3 Å². The first-order valence-electron chi connectivity index (χ1n) is 10.1. The summed E-state index contributed by atoms with van der Waals surface area (Å²) in [7, 11) is 0. The SMILES string of the molecule is O=C(Nc1cccc(C#Cc2ccccn2)c1)[C@@H]1CS[C@@H](Cc2ccccc2F)C(=O)N1. The number of pyridine rings is 1. The van der Waals surface area contributed by atoms with Crippen LogP contribution in [0.3, 0.4) is 0 Å². The smallest absolute Gasteiger partial charge is 0.247 e. The lowest BCUT2D eigenvalue weighted by Crippen LogP contribution is -2.52. The van der Waals surface area contributed by atoms with E-state index in [-0.39, 0.29) is 24.1 Å². The van der Waals surface area contributed by atoms with Crippen LogP contribution in [0.4, 0.5) is 10.1 Å². The highest BCUT2D eigenvalue weighted by Gasteiger charge is 2.32. The molecule has 0 saturated carbocycles. The van der Waals surface area contributed by atoms with E-state index >= 15 is 0 Å². The molecule has 2 amide bonds. The highest BCUT2D eigenvalue weighted by Crippen LogP contribution is 2.24. The van der Waals surface area contributed by atoms with E-state index in [1.807, 2.05) is 24.3 Å². The predicted octanol–water partition coefficient (Wildman–Crippen LogP) is 3.40. The molecule has 2 aromatic carbocycles. The molecule has 3 aromatic rings. The van der Waals surface area contributed by atoms with Crippen molar-refractivity contribution in [1.29, 1.82) is 0 Å². The largest absolute Gasteiger partial charge is 0.343 e. The number of carbonyl (C=O) groups excluding carboxylic acids is 2. The summed E-state index contributed by atoms with van der Waals surface area (Å²) in [5.41, 5.74) is 2.48. The summed E-state index contributed by atoms with van der Waals surface area (Å²) in [6, 6.07) is 18.5. The highest BCUT2D eigenvalue weighted by molar-refractivity contribution is 8.00. The van der Waals surface area contributed by atoms with Crippen molar-refractivity contribution >= 4 is 29.3 Å². The Morgan fingerprint density at radius 3 is 2.75 bits per heavy atom. The molecule has 1 aromatic heterocycles. The third-order valence-corrected chi connectivity index (χ3v) is 6.19. The fraction of sp³-hybridized carbons (Fsp3) is 0.160. The number of benzene rings is 2. The van der Waals surface area contributed by atoms with Crippen LogP contribution in [0.15, 0.2) is 72.9 Å². The van der Waals surface area contributed by atoms with Gasteiger partial charge in [0.2, 0.25) is 11.8 Å². The minimum absolute atomic E-state index is 0.264. The zero-order chi connectivity index (χ0) is 22.3. The van der Waals surface area contributed by atoms with E-state index < -0.39 is 11.3 Å². The zero-order valence-corrected chi connectivity index (χ0v) is 17.9. The van der Waals surface area contributed by atoms with Gasteiger partial charge in [-0.05, 0) is 54.3 Å². The topological polar surface area (TPSA) is 71.1 Å². The van der Waals surface area contributed by atoms with Crippen molar-refractivity contribution in [2.75, 3.05) is 11.1 Å². The third kappa shape index (κ3) is 5.54. The molecule has 1 aliphatic heterocycles. The van der Waals surface area contributed by atoms with Crippen LogP contribution in [-0.2, 0) is 16.0 Å². The molecule has 1 saturated heterocycles. The molecule has 0 aliphatic carbocycles. The Kier molecular flexibility index (Phi) is 6.83. The van der Waals surface area contributed by atoms with Crippen molar-refractivity contribution in [2.45, 2.75) is 17.7 Å². The number of carbonyl (C=O) groups is 2. The quantitative estimate of drug-likeness (QED) is 0.604. The molecule has 0 unspecified atom stereocenters. The number of thioether (sulfide) groups is 1. The second-order valence-electron chi connectivity index (χ2n) is 7.21. The second kappa shape index (κ2) is 10.1. The van der Waals surface area contributed by atoms with Crippen LogP contribution < -0.4 is 10.6 Å². The van der Waals surface area contributed by atoms with E-state index in [0.29, 0.717) is 22.7 Å². The first-order valence-corrected chi connectivity index (χ1v) is 11.1. The molecule has 2 heterocycles. The van der Waals surface area contributed by atoms with E-state index in [0.717, 1.165) is 5.56 Å². The summed E-state index contributed by atoms with van der Waals surface area (Å²) in [6.45, 7) is 0. The molecule has 32 heavy (non-hydrogen) atoms. The van der Waals surface area contributed by atoms with Crippen LogP contribution in [0, 0.1) is 17.7 Å². The van der Waals surface area contributed by atoms with Gasteiger partial charge in [0.1, 0.15) is 17.6 Å². The first kappa shape index (κ1) is 21.6. The number of nitrogens with one attached hydrogen (secondary N) is 2. The Morgan fingerprint density at radius 2 is 1.97 bits per heavy atom. The Morgan fingerprint density at radius 1 is 1.12 bits per heavy atom. The van der Waals surface area contributed by atoms with Crippen LogP contribution in [-0.4, -0.2) is 33.8 Å². The maximum atomic E-state index is 13.9. The average molecular weight is 446 g/mol. The third-order valence-electron chi connectivity index (χ3n) is 4.88. The summed E-state index contributed by atoms with van der Waals surface area (Å²) in [5, 5.41) is 5.16. The summed E-state index contributed by atoms with van der Waals surface area (Å²) in [4.78, 5) is 29.3. The summed E-state index contributed by atoms with van der Waals surface area (Å²) < 4.78 is 13.9. The number of rotatable bonds is 4. The lowest BCUT2D eigenvalue weighted by Gasteiger charge is -2.28. The normalized spacial score (nSPS) is 17.6. The fourth-order valence-corrected chi connectivity index (χ4v) is 4.40. The first-order chi connectivity index (χ1) is 15.6. The van der Waals surface area contributed by atoms with Gasteiger partial charge in [0.15, 0.2) is 0 Å². The Balaban J connectivity index is 1.35. The van der Waals surface area contributed by atoms with E-state index in [4.69, 9.17) is 0 Å². The number of nitrogens with zero attached hydrogens (tertiary/aromatic N) is 1. The van der Waals surface area contributed by atoms with Gasteiger partial charge in [-0.15, -0.1) is 11.8 Å². The van der Waals surface area contributed by atoms with Crippen molar-refractivity contribution in [3.63, 3.8) is 0 Å². The zero-order valence-electron chi connectivity index (χ0n) is 17.0. The molecule has 0 bridgehead atoms. The lowest BCUT2D eigenvalue weighted by atomic mass is 10.1. The Bertz CT molecular complexity index is 1190. The monoisotopic (exact) mass is 445 g/mol. The molecule has 0 radical (unpaired) electrons. The number of hydrogen-bond donors (Lipinski definition) is 2. The molecule has 1 fully saturated rings. The van der Waals surface area contributed by atoms with E-state index in [1.54, 1.807) is 42.6 Å². The van der Waals surface area contributed by atoms with E-state index in [9.17, 15) is 14.0 Å². The number of hydrogen-bond acceptors (Lipinski definition) is 4. The van der Waals surface area contributed by atoms with Gasteiger partial charge in [-0.3, -0.25) is 9.59 Å². The van der Waals surface area contributed by atoms with Crippen LogP contribution in [0.2, 0.25) is 0 Å². The molecule has 2 atom stereocenters. The van der Waals surface area contributed by atoms with Crippen molar-refractivity contribution in [3.05, 3.63) is 95.6 Å². The standard InChI is InChI=1S/C25H20FN3O2S/c26-21-10-2-1-7-18(21)15-23-25(31)29-22(16-32-23)24(30)28-20-9-5-6-17(14-20)11-12-19-8-3-4-13-27-19/h1-10,13-14,22-23H,15-16H2,(H,28,30)(H,29,31)/t22-,23-/m0/s1. The van der Waals surface area contributed by atoms with Gasteiger partial charge < -0.3 is 10.6 Å². The number of aromatic nitrogens is 1. The molecule has 0 spiro atoms. The van der Waals surface area contributed by atoms with Crippen molar-refractivity contribution < 1.29 is 14.0 Å². The van der Waals surface area contributed by atoms with Gasteiger partial charge in [-0.1, -0.05) is 36.3 Å². The van der Waals surface area contributed by atoms with Crippen LogP contribution in [0.5, 0.6) is 0 Å². The molecule has 2 N–H and O–H groups in total. The molecule has 1 aliphatic rings. The Labute approximate surface area is 189 Å².